The Morgan fingerprint density at radius 1 is 1.06 bits per heavy atom. The van der Waals surface area contributed by atoms with E-state index in [1.54, 1.807) is 18.2 Å². The molecule has 0 saturated heterocycles. The minimum Gasteiger partial charge on any atom is -0.455 e. The van der Waals surface area contributed by atoms with Gasteiger partial charge in [-0.15, -0.1) is 0 Å². The Labute approximate surface area is 191 Å². The van der Waals surface area contributed by atoms with E-state index in [-0.39, 0.29) is 15.6 Å². The fourth-order valence-corrected chi connectivity index (χ4v) is 4.84. The molecular weight excluding hydrogens is 461 g/mol. The number of sulfone groups is 1. The van der Waals surface area contributed by atoms with Crippen LogP contribution in [0.2, 0.25) is 10.0 Å². The lowest BCUT2D eigenvalue weighted by Gasteiger charge is -2.35. The molecule has 1 N–H and O–H groups in total. The van der Waals surface area contributed by atoms with Gasteiger partial charge in [-0.25, -0.2) is 8.42 Å². The normalized spacial score (nSPS) is 15.8. The molecule has 31 heavy (non-hydrogen) atoms. The van der Waals surface area contributed by atoms with Gasteiger partial charge < -0.3 is 10.1 Å². The average molecular weight is 484 g/mol. The molecule has 3 rings (SSSR count). The number of nitrogens with one attached hydrogen (secondary N) is 1. The maximum atomic E-state index is 13.1. The Kier molecular flexibility index (Phi) is 7.29. The highest BCUT2D eigenvalue weighted by atomic mass is 35.5. The number of esters is 1. The fourth-order valence-electron chi connectivity index (χ4n) is 3.84. The van der Waals surface area contributed by atoms with E-state index in [1.165, 1.54) is 18.2 Å². The van der Waals surface area contributed by atoms with E-state index in [2.05, 4.69) is 5.32 Å². The molecule has 166 valence electrons. The summed E-state index contributed by atoms with van der Waals surface area (Å²) in [6.07, 6.45) is 5.09. The van der Waals surface area contributed by atoms with Crippen LogP contribution < -0.4 is 5.32 Å². The number of ether oxygens (including phenoxy) is 1. The minimum atomic E-state index is -3.47. The molecule has 9 heteroatoms. The van der Waals surface area contributed by atoms with E-state index in [0.29, 0.717) is 17.9 Å². The molecule has 0 aliphatic heterocycles. The van der Waals surface area contributed by atoms with Gasteiger partial charge in [0.25, 0.3) is 5.91 Å². The molecule has 2 aromatic carbocycles. The first-order chi connectivity index (χ1) is 14.6. The van der Waals surface area contributed by atoms with E-state index >= 15 is 0 Å². The van der Waals surface area contributed by atoms with E-state index in [4.69, 9.17) is 27.9 Å². The number of carbonyl (C=O) groups is 2. The number of amides is 1. The van der Waals surface area contributed by atoms with Crippen LogP contribution in [0, 0.1) is 0 Å². The Hall–Kier alpha value is -2.09. The van der Waals surface area contributed by atoms with Crippen molar-refractivity contribution in [3.05, 3.63) is 58.1 Å². The molecule has 1 aliphatic carbocycles. The largest absolute Gasteiger partial charge is 0.455 e. The molecule has 0 heterocycles. The van der Waals surface area contributed by atoms with Gasteiger partial charge in [-0.2, -0.15) is 0 Å². The van der Waals surface area contributed by atoms with Crippen LogP contribution in [0.4, 0.5) is 5.69 Å². The summed E-state index contributed by atoms with van der Waals surface area (Å²) < 4.78 is 28.9. The van der Waals surface area contributed by atoms with Crippen molar-refractivity contribution in [3.63, 3.8) is 0 Å². The Balaban J connectivity index is 1.72. The van der Waals surface area contributed by atoms with Crippen LogP contribution in [0.3, 0.4) is 0 Å². The Morgan fingerprint density at radius 3 is 2.42 bits per heavy atom. The van der Waals surface area contributed by atoms with Crippen LogP contribution >= 0.6 is 23.2 Å². The van der Waals surface area contributed by atoms with Gasteiger partial charge in [0, 0.05) is 11.3 Å². The van der Waals surface area contributed by atoms with Crippen LogP contribution in [-0.4, -0.2) is 33.2 Å². The first-order valence-corrected chi connectivity index (χ1v) is 12.5. The molecule has 2 aromatic rings. The van der Waals surface area contributed by atoms with Gasteiger partial charge in [0.15, 0.2) is 16.4 Å². The van der Waals surface area contributed by atoms with Gasteiger partial charge >= 0.3 is 5.97 Å². The third kappa shape index (κ3) is 5.59. The van der Waals surface area contributed by atoms with Crippen molar-refractivity contribution in [3.8, 4) is 0 Å². The highest BCUT2D eigenvalue weighted by molar-refractivity contribution is 7.90. The molecule has 0 atom stereocenters. The van der Waals surface area contributed by atoms with Crippen molar-refractivity contribution >= 4 is 50.6 Å². The summed E-state index contributed by atoms with van der Waals surface area (Å²) in [5.74, 6) is -1.08. The maximum absolute atomic E-state index is 13.1. The summed E-state index contributed by atoms with van der Waals surface area (Å²) in [7, 11) is -3.47. The zero-order chi connectivity index (χ0) is 22.6. The second-order valence-electron chi connectivity index (χ2n) is 7.69. The lowest BCUT2D eigenvalue weighted by Crippen LogP contribution is -2.40. The predicted octanol–water partition coefficient (Wildman–Crippen LogP) is 4.78. The van der Waals surface area contributed by atoms with Crippen LogP contribution in [0.25, 0.3) is 0 Å². The quantitative estimate of drug-likeness (QED) is 0.596. The second kappa shape index (κ2) is 9.59. The number of halogens is 2. The molecule has 1 saturated carbocycles. The standard InChI is InChI=1S/C22H23Cl2NO5S/c1-31(28,29)17-8-9-18(24)19(13-17)25-20(26)14-30-21(27)22(10-3-2-4-11-22)15-6-5-7-16(23)12-15/h5-9,12-13H,2-4,10-11,14H2,1H3,(H,25,26). The van der Waals surface area contributed by atoms with E-state index < -0.39 is 33.7 Å². The van der Waals surface area contributed by atoms with Gasteiger partial charge in [0.1, 0.15) is 0 Å². The molecule has 0 radical (unpaired) electrons. The van der Waals surface area contributed by atoms with Crippen LogP contribution in [0.5, 0.6) is 0 Å². The van der Waals surface area contributed by atoms with E-state index in [0.717, 1.165) is 31.1 Å². The van der Waals surface area contributed by atoms with Crippen LogP contribution in [0.15, 0.2) is 47.4 Å². The Bertz CT molecular complexity index is 1090. The maximum Gasteiger partial charge on any atom is 0.317 e. The van der Waals surface area contributed by atoms with Gasteiger partial charge in [-0.1, -0.05) is 54.6 Å². The molecule has 1 fully saturated rings. The number of rotatable bonds is 6. The number of benzene rings is 2. The summed E-state index contributed by atoms with van der Waals surface area (Å²) in [4.78, 5) is 25.5. The highest BCUT2D eigenvalue weighted by Gasteiger charge is 2.43. The lowest BCUT2D eigenvalue weighted by molar-refractivity contribution is -0.154. The van der Waals surface area contributed by atoms with E-state index in [1.807, 2.05) is 6.07 Å². The van der Waals surface area contributed by atoms with Gasteiger partial charge in [-0.05, 0) is 48.7 Å². The first kappa shape index (κ1) is 23.6. The zero-order valence-electron chi connectivity index (χ0n) is 17.0. The van der Waals surface area contributed by atoms with E-state index in [9.17, 15) is 18.0 Å². The number of carbonyl (C=O) groups excluding carboxylic acids is 2. The molecule has 0 aromatic heterocycles. The van der Waals surface area contributed by atoms with Crippen molar-refractivity contribution < 1.29 is 22.7 Å². The monoisotopic (exact) mass is 483 g/mol. The first-order valence-electron chi connectivity index (χ1n) is 9.84. The molecule has 0 bridgehead atoms. The van der Waals surface area contributed by atoms with Crippen molar-refractivity contribution in [1.29, 1.82) is 0 Å². The molecule has 6 nitrogen and oxygen atoms in total. The molecular formula is C22H23Cl2NO5S. The third-order valence-corrected chi connectivity index (χ3v) is 7.12. The van der Waals surface area contributed by atoms with Gasteiger partial charge in [-0.3, -0.25) is 9.59 Å². The topological polar surface area (TPSA) is 89.5 Å². The lowest BCUT2D eigenvalue weighted by atomic mass is 9.69. The van der Waals surface area contributed by atoms with Crippen molar-refractivity contribution in [2.24, 2.45) is 0 Å². The number of hydrogen-bond donors (Lipinski definition) is 1. The molecule has 1 aliphatic rings. The smallest absolute Gasteiger partial charge is 0.317 e. The SMILES string of the molecule is CS(=O)(=O)c1ccc(Cl)c(NC(=O)COC(=O)C2(c3cccc(Cl)c3)CCCCC2)c1. The van der Waals surface area contributed by atoms with Crippen molar-refractivity contribution in [1.82, 2.24) is 0 Å². The zero-order valence-corrected chi connectivity index (χ0v) is 19.3. The Morgan fingerprint density at radius 2 is 1.77 bits per heavy atom. The highest BCUT2D eigenvalue weighted by Crippen LogP contribution is 2.41. The predicted molar refractivity (Wildman–Crippen MR) is 120 cm³/mol. The number of anilines is 1. The molecule has 0 unspecified atom stereocenters. The third-order valence-electron chi connectivity index (χ3n) is 5.45. The molecule has 1 amide bonds. The van der Waals surface area contributed by atoms with Gasteiger partial charge in [0.05, 0.1) is 21.0 Å². The summed E-state index contributed by atoms with van der Waals surface area (Å²) in [5.41, 5.74) is 0.0824. The summed E-state index contributed by atoms with van der Waals surface area (Å²) in [5, 5.41) is 3.22. The molecule has 0 spiro atoms. The summed E-state index contributed by atoms with van der Waals surface area (Å²) >= 11 is 12.2. The van der Waals surface area contributed by atoms with Crippen LogP contribution in [0.1, 0.15) is 37.7 Å². The number of hydrogen-bond acceptors (Lipinski definition) is 5. The summed E-state index contributed by atoms with van der Waals surface area (Å²) in [6.45, 7) is -0.513. The second-order valence-corrected chi connectivity index (χ2v) is 10.6. The van der Waals surface area contributed by atoms with Crippen molar-refractivity contribution in [2.45, 2.75) is 42.4 Å². The van der Waals surface area contributed by atoms with Crippen LogP contribution in [-0.2, 0) is 29.6 Å². The minimum absolute atomic E-state index is 0.0197. The van der Waals surface area contributed by atoms with Gasteiger partial charge in [0.2, 0.25) is 0 Å². The summed E-state index contributed by atoms with van der Waals surface area (Å²) in [6, 6.07) is 11.2. The average Bonchev–Trinajstić information content (AvgIpc) is 2.73. The van der Waals surface area contributed by atoms with Crippen molar-refractivity contribution in [2.75, 3.05) is 18.2 Å². The fraction of sp³-hybridized carbons (Fsp3) is 0.364.